The highest BCUT2D eigenvalue weighted by Crippen LogP contribution is 2.06. The van der Waals surface area contributed by atoms with Crippen LogP contribution in [0.15, 0.2) is 24.3 Å². The molecule has 15 heavy (non-hydrogen) atoms. The number of tetrazole rings is 1. The minimum atomic E-state index is -0.281. The van der Waals surface area contributed by atoms with Crippen LogP contribution in [0.3, 0.4) is 0 Å². The molecule has 1 aromatic heterocycles. The molecule has 6 nitrogen and oxygen atoms in total. The van der Waals surface area contributed by atoms with Crippen LogP contribution >= 0.6 is 0 Å². The monoisotopic (exact) mass is 208 g/mol. The molecule has 0 spiro atoms. The Morgan fingerprint density at radius 3 is 2.87 bits per heavy atom. The quantitative estimate of drug-likeness (QED) is 0.749. The van der Waals surface area contributed by atoms with Crippen LogP contribution in [0.4, 0.5) is 10.3 Å². The van der Waals surface area contributed by atoms with Gasteiger partial charge in [0.15, 0.2) is 0 Å². The lowest BCUT2D eigenvalue weighted by Crippen LogP contribution is -2.18. The molecule has 0 atom stereocenters. The predicted octanol–water partition coefficient (Wildman–Crippen LogP) is 0.138. The number of halogens is 1. The van der Waals surface area contributed by atoms with Gasteiger partial charge in [-0.25, -0.2) is 4.39 Å². The van der Waals surface area contributed by atoms with Crippen molar-refractivity contribution in [1.82, 2.24) is 20.3 Å². The van der Waals surface area contributed by atoms with Gasteiger partial charge in [-0.1, -0.05) is 23.3 Å². The number of anilines is 1. The molecule has 0 amide bonds. The SMILES string of the molecule is Nc1nnnn1NCc1ccccc1F. The molecule has 2 rings (SSSR count). The molecule has 0 radical (unpaired) electrons. The van der Waals surface area contributed by atoms with Gasteiger partial charge in [0, 0.05) is 5.56 Å². The van der Waals surface area contributed by atoms with Crippen molar-refractivity contribution in [2.75, 3.05) is 11.2 Å². The maximum Gasteiger partial charge on any atom is 0.260 e. The largest absolute Gasteiger partial charge is 0.365 e. The molecule has 0 fully saturated rings. The van der Waals surface area contributed by atoms with E-state index in [9.17, 15) is 4.39 Å². The Morgan fingerprint density at radius 2 is 2.20 bits per heavy atom. The van der Waals surface area contributed by atoms with Gasteiger partial charge < -0.3 is 11.2 Å². The highest BCUT2D eigenvalue weighted by Gasteiger charge is 2.02. The van der Waals surface area contributed by atoms with E-state index in [1.165, 1.54) is 10.9 Å². The first-order chi connectivity index (χ1) is 7.27. The summed E-state index contributed by atoms with van der Waals surface area (Å²) in [5.74, 6) is -0.150. The van der Waals surface area contributed by atoms with Gasteiger partial charge in [-0.2, -0.15) is 0 Å². The lowest BCUT2D eigenvalue weighted by atomic mass is 10.2. The molecular weight excluding hydrogens is 199 g/mol. The molecule has 78 valence electrons. The minimum Gasteiger partial charge on any atom is -0.365 e. The normalized spacial score (nSPS) is 10.2. The van der Waals surface area contributed by atoms with Gasteiger partial charge in [0.05, 0.1) is 6.54 Å². The molecule has 0 saturated heterocycles. The van der Waals surface area contributed by atoms with Gasteiger partial charge >= 0.3 is 0 Å². The summed E-state index contributed by atoms with van der Waals surface area (Å²) >= 11 is 0. The summed E-state index contributed by atoms with van der Waals surface area (Å²) in [6.45, 7) is 0.266. The standard InChI is InChI=1S/C8H9FN6/c9-7-4-2-1-3-6(7)5-11-15-8(10)12-13-14-15/h1-4,11H,5H2,(H2,10,12,14). The van der Waals surface area contributed by atoms with E-state index in [1.54, 1.807) is 18.2 Å². The Balaban J connectivity index is 2.06. The lowest BCUT2D eigenvalue weighted by Gasteiger charge is -2.06. The fourth-order valence-electron chi connectivity index (χ4n) is 1.11. The Morgan fingerprint density at radius 1 is 1.40 bits per heavy atom. The molecule has 2 aromatic rings. The zero-order chi connectivity index (χ0) is 10.7. The van der Waals surface area contributed by atoms with Crippen LogP contribution in [0.2, 0.25) is 0 Å². The molecule has 3 N–H and O–H groups in total. The van der Waals surface area contributed by atoms with E-state index in [4.69, 9.17) is 5.73 Å². The third-order valence-corrected chi connectivity index (χ3v) is 1.87. The summed E-state index contributed by atoms with van der Waals surface area (Å²) in [5.41, 5.74) is 8.70. The third-order valence-electron chi connectivity index (χ3n) is 1.87. The molecule has 0 saturated carbocycles. The van der Waals surface area contributed by atoms with E-state index in [2.05, 4.69) is 21.0 Å². The van der Waals surface area contributed by atoms with E-state index >= 15 is 0 Å². The van der Waals surface area contributed by atoms with Gasteiger partial charge in [0.1, 0.15) is 5.82 Å². The highest BCUT2D eigenvalue weighted by molar-refractivity contribution is 5.19. The maximum absolute atomic E-state index is 13.2. The van der Waals surface area contributed by atoms with Crippen molar-refractivity contribution >= 4 is 5.95 Å². The van der Waals surface area contributed by atoms with Crippen LogP contribution < -0.4 is 11.2 Å². The molecule has 1 heterocycles. The predicted molar refractivity (Wildman–Crippen MR) is 51.7 cm³/mol. The maximum atomic E-state index is 13.2. The molecule has 1 aromatic carbocycles. The number of nitrogen functional groups attached to an aromatic ring is 1. The summed E-state index contributed by atoms with van der Waals surface area (Å²) < 4.78 is 13.2. The van der Waals surface area contributed by atoms with Crippen LogP contribution in [0.25, 0.3) is 0 Å². The molecule has 0 unspecified atom stereocenters. The average molecular weight is 208 g/mol. The fraction of sp³-hybridized carbons (Fsp3) is 0.125. The number of aromatic nitrogens is 4. The van der Waals surface area contributed by atoms with Crippen LogP contribution in [0.1, 0.15) is 5.56 Å². The smallest absolute Gasteiger partial charge is 0.260 e. The van der Waals surface area contributed by atoms with Crippen molar-refractivity contribution in [2.45, 2.75) is 6.54 Å². The summed E-state index contributed by atoms with van der Waals surface area (Å²) in [5, 5.41) is 10.4. The number of nitrogens with zero attached hydrogens (tertiary/aromatic N) is 4. The molecular formula is C8H9FN6. The summed E-state index contributed by atoms with van der Waals surface area (Å²) in [6.07, 6.45) is 0. The van der Waals surface area contributed by atoms with Crippen molar-refractivity contribution in [2.24, 2.45) is 0 Å². The molecule has 0 aliphatic heterocycles. The van der Waals surface area contributed by atoms with E-state index in [0.29, 0.717) is 5.56 Å². The topological polar surface area (TPSA) is 81.7 Å². The lowest BCUT2D eigenvalue weighted by molar-refractivity contribution is 0.603. The molecule has 0 aliphatic rings. The van der Waals surface area contributed by atoms with Gasteiger partial charge in [-0.3, -0.25) is 0 Å². The van der Waals surface area contributed by atoms with E-state index in [1.807, 2.05) is 0 Å². The number of hydrogen-bond acceptors (Lipinski definition) is 5. The average Bonchev–Trinajstić information content (AvgIpc) is 2.63. The van der Waals surface area contributed by atoms with Crippen molar-refractivity contribution in [3.63, 3.8) is 0 Å². The Kier molecular flexibility index (Phi) is 2.44. The number of rotatable bonds is 3. The molecule has 7 heteroatoms. The first kappa shape index (κ1) is 9.38. The Bertz CT molecular complexity index is 454. The van der Waals surface area contributed by atoms with Crippen molar-refractivity contribution in [1.29, 1.82) is 0 Å². The zero-order valence-electron chi connectivity index (χ0n) is 7.76. The summed E-state index contributed by atoms with van der Waals surface area (Å²) in [7, 11) is 0. The molecule has 0 bridgehead atoms. The van der Waals surface area contributed by atoms with Gasteiger partial charge in [0.25, 0.3) is 5.95 Å². The second-order valence-corrected chi connectivity index (χ2v) is 2.88. The van der Waals surface area contributed by atoms with Gasteiger partial charge in [0.2, 0.25) is 0 Å². The summed E-state index contributed by atoms with van der Waals surface area (Å²) in [4.78, 5) is 1.19. The Hall–Kier alpha value is -2.18. The fourth-order valence-corrected chi connectivity index (χ4v) is 1.11. The second kappa shape index (κ2) is 3.91. The van der Waals surface area contributed by atoms with Crippen molar-refractivity contribution in [3.8, 4) is 0 Å². The molecule has 0 aliphatic carbocycles. The first-order valence-electron chi connectivity index (χ1n) is 4.28. The van der Waals surface area contributed by atoms with Crippen LogP contribution in [-0.2, 0) is 6.54 Å². The second-order valence-electron chi connectivity index (χ2n) is 2.88. The van der Waals surface area contributed by atoms with E-state index in [-0.39, 0.29) is 18.3 Å². The van der Waals surface area contributed by atoms with Crippen LogP contribution in [-0.4, -0.2) is 20.3 Å². The van der Waals surface area contributed by atoms with Crippen molar-refractivity contribution < 1.29 is 4.39 Å². The number of nitrogens with one attached hydrogen (secondary N) is 1. The van der Waals surface area contributed by atoms with Crippen LogP contribution in [0, 0.1) is 5.82 Å². The third kappa shape index (κ3) is 2.01. The first-order valence-corrected chi connectivity index (χ1v) is 4.28. The Labute approximate surface area is 84.9 Å². The van der Waals surface area contributed by atoms with Gasteiger partial charge in [-0.15, -0.1) is 4.79 Å². The van der Waals surface area contributed by atoms with E-state index < -0.39 is 0 Å². The highest BCUT2D eigenvalue weighted by atomic mass is 19.1. The van der Waals surface area contributed by atoms with Crippen molar-refractivity contribution in [3.05, 3.63) is 35.6 Å². The zero-order valence-corrected chi connectivity index (χ0v) is 7.76. The number of hydrogen-bond donors (Lipinski definition) is 2. The number of nitrogens with two attached hydrogens (primary N) is 1. The number of benzene rings is 1. The van der Waals surface area contributed by atoms with E-state index in [0.717, 1.165) is 0 Å². The van der Waals surface area contributed by atoms with Gasteiger partial charge in [-0.05, 0) is 16.5 Å². The van der Waals surface area contributed by atoms with Crippen LogP contribution in [0.5, 0.6) is 0 Å². The minimum absolute atomic E-state index is 0.131. The summed E-state index contributed by atoms with van der Waals surface area (Å²) in [6, 6.07) is 6.44.